The lowest BCUT2D eigenvalue weighted by molar-refractivity contribution is 0.0997. The molecule has 3 N–H and O–H groups in total. The van der Waals surface area contributed by atoms with Crippen LogP contribution in [0.15, 0.2) is 29.2 Å². The lowest BCUT2D eigenvalue weighted by Gasteiger charge is -2.26. The minimum atomic E-state index is -0.587. The average molecular weight is 448 g/mol. The van der Waals surface area contributed by atoms with E-state index in [-0.39, 0.29) is 12.0 Å². The van der Waals surface area contributed by atoms with Crippen LogP contribution in [0.3, 0.4) is 0 Å². The number of fused-ring (bicyclic) bond motifs is 1. The fraction of sp³-hybridized carbons (Fsp3) is 0.381. The lowest BCUT2D eigenvalue weighted by Crippen LogP contribution is -2.36. The molecule has 0 spiro atoms. The third kappa shape index (κ3) is 4.96. The van der Waals surface area contributed by atoms with Crippen LogP contribution in [0.1, 0.15) is 51.9 Å². The van der Waals surface area contributed by atoms with Gasteiger partial charge >= 0.3 is 6.09 Å². The van der Waals surface area contributed by atoms with Crippen molar-refractivity contribution in [3.63, 3.8) is 0 Å². The van der Waals surface area contributed by atoms with Gasteiger partial charge in [0, 0.05) is 27.1 Å². The molecule has 1 aromatic carbocycles. The third-order valence-electron chi connectivity index (χ3n) is 4.52. The van der Waals surface area contributed by atoms with Crippen LogP contribution in [-0.2, 0) is 17.7 Å². The molecule has 3 amide bonds. The van der Waals surface area contributed by atoms with Gasteiger partial charge in [0.05, 0.1) is 18.7 Å². The van der Waals surface area contributed by atoms with Crippen molar-refractivity contribution in [1.29, 1.82) is 0 Å². The number of nitrogens with zero attached hydrogens (tertiary/aromatic N) is 1. The topological polar surface area (TPSA) is 102 Å². The Labute approximate surface area is 184 Å². The zero-order chi connectivity index (χ0) is 21.8. The van der Waals surface area contributed by atoms with Crippen molar-refractivity contribution >= 4 is 46.0 Å². The number of rotatable bonds is 6. The fourth-order valence-electron chi connectivity index (χ4n) is 3.28. The van der Waals surface area contributed by atoms with Crippen LogP contribution in [0.5, 0.6) is 0 Å². The number of benzene rings is 1. The number of hydrogen-bond donors (Lipinski definition) is 2. The van der Waals surface area contributed by atoms with Gasteiger partial charge in [0.2, 0.25) is 0 Å². The van der Waals surface area contributed by atoms with E-state index in [1.807, 2.05) is 18.2 Å². The second-order valence-corrected chi connectivity index (χ2v) is 9.85. The number of carbonyl (C=O) groups excluding carboxylic acids is 3. The fourth-order valence-corrected chi connectivity index (χ4v) is 5.44. The summed E-state index contributed by atoms with van der Waals surface area (Å²) in [4.78, 5) is 40.5. The van der Waals surface area contributed by atoms with Crippen molar-refractivity contribution in [1.82, 2.24) is 4.90 Å². The Morgan fingerprint density at radius 2 is 2.10 bits per heavy atom. The Balaban J connectivity index is 1.84. The van der Waals surface area contributed by atoms with Gasteiger partial charge in [-0.15, -0.1) is 23.1 Å². The third-order valence-corrected chi connectivity index (χ3v) is 6.65. The quantitative estimate of drug-likeness (QED) is 0.649. The number of hydrogen-bond acceptors (Lipinski definition) is 6. The van der Waals surface area contributed by atoms with E-state index in [0.29, 0.717) is 47.5 Å². The first-order valence-corrected chi connectivity index (χ1v) is 11.4. The smallest absolute Gasteiger partial charge is 0.410 e. The van der Waals surface area contributed by atoms with Gasteiger partial charge < -0.3 is 20.7 Å². The summed E-state index contributed by atoms with van der Waals surface area (Å²) in [6.07, 6.45) is 0.0986. The number of thioether (sulfide) groups is 1. The van der Waals surface area contributed by atoms with Gasteiger partial charge in [0.25, 0.3) is 11.8 Å². The Hall–Kier alpha value is -2.52. The molecule has 0 unspecified atom stereocenters. The lowest BCUT2D eigenvalue weighted by atomic mass is 10.0. The Bertz CT molecular complexity index is 971. The monoisotopic (exact) mass is 447 g/mol. The van der Waals surface area contributed by atoms with Crippen molar-refractivity contribution in [2.45, 2.75) is 43.9 Å². The predicted octanol–water partition coefficient (Wildman–Crippen LogP) is 4.11. The van der Waals surface area contributed by atoms with E-state index in [9.17, 15) is 14.4 Å². The van der Waals surface area contributed by atoms with E-state index in [1.54, 1.807) is 29.7 Å². The molecule has 0 saturated heterocycles. The van der Waals surface area contributed by atoms with Gasteiger partial charge in [-0.1, -0.05) is 19.9 Å². The van der Waals surface area contributed by atoms with E-state index in [0.717, 1.165) is 15.3 Å². The number of ether oxygens (including phenoxy) is 1. The Morgan fingerprint density at radius 3 is 2.77 bits per heavy atom. The maximum Gasteiger partial charge on any atom is 0.410 e. The van der Waals surface area contributed by atoms with E-state index in [1.165, 1.54) is 11.3 Å². The average Bonchev–Trinajstić information content (AvgIpc) is 3.04. The molecule has 1 aromatic heterocycles. The normalized spacial score (nSPS) is 13.1. The standard InChI is InChI=1S/C21H25N3O4S2/c1-4-28-21(27)24-9-8-15-16(11-24)30-20(17(15)18(22)25)23-19(26)13-6-5-7-14(10-13)29-12(2)3/h5-7,10,12H,4,8-9,11H2,1-3H3,(H2,22,25)(H,23,26). The molecular formula is C21H25N3O4S2. The molecule has 2 heterocycles. The summed E-state index contributed by atoms with van der Waals surface area (Å²) in [5, 5.41) is 3.67. The summed E-state index contributed by atoms with van der Waals surface area (Å²) in [5.41, 5.74) is 7.27. The van der Waals surface area contributed by atoms with Crippen LogP contribution < -0.4 is 11.1 Å². The first-order valence-electron chi connectivity index (χ1n) is 9.74. The highest BCUT2D eigenvalue weighted by Crippen LogP contribution is 2.37. The van der Waals surface area contributed by atoms with Crippen LogP contribution in [0.2, 0.25) is 0 Å². The second kappa shape index (κ2) is 9.53. The van der Waals surface area contributed by atoms with E-state index in [4.69, 9.17) is 10.5 Å². The van der Waals surface area contributed by atoms with Gasteiger partial charge in [0.1, 0.15) is 5.00 Å². The highest BCUT2D eigenvalue weighted by atomic mass is 32.2. The predicted molar refractivity (Wildman–Crippen MR) is 119 cm³/mol. The second-order valence-electron chi connectivity index (χ2n) is 7.09. The highest BCUT2D eigenvalue weighted by Gasteiger charge is 2.30. The number of anilines is 1. The van der Waals surface area contributed by atoms with Crippen LogP contribution in [0.25, 0.3) is 0 Å². The van der Waals surface area contributed by atoms with Crippen LogP contribution in [0, 0.1) is 0 Å². The maximum atomic E-state index is 12.8. The molecule has 1 aliphatic rings. The zero-order valence-corrected chi connectivity index (χ0v) is 18.8. The number of primary amides is 1. The Kier molecular flexibility index (Phi) is 7.04. The largest absolute Gasteiger partial charge is 0.450 e. The molecule has 1 aliphatic heterocycles. The molecule has 0 atom stereocenters. The van der Waals surface area contributed by atoms with Crippen molar-refractivity contribution < 1.29 is 19.1 Å². The van der Waals surface area contributed by atoms with Crippen molar-refractivity contribution in [2.24, 2.45) is 5.73 Å². The first-order chi connectivity index (χ1) is 14.3. The molecule has 30 heavy (non-hydrogen) atoms. The van der Waals surface area contributed by atoms with Gasteiger partial charge in [0.15, 0.2) is 0 Å². The molecule has 160 valence electrons. The molecule has 0 saturated carbocycles. The highest BCUT2D eigenvalue weighted by molar-refractivity contribution is 7.99. The first kappa shape index (κ1) is 22.2. The van der Waals surface area contributed by atoms with E-state index in [2.05, 4.69) is 19.2 Å². The molecule has 9 heteroatoms. The van der Waals surface area contributed by atoms with Crippen LogP contribution in [-0.4, -0.2) is 41.2 Å². The molecule has 0 aliphatic carbocycles. The summed E-state index contributed by atoms with van der Waals surface area (Å²) < 4.78 is 5.07. The summed E-state index contributed by atoms with van der Waals surface area (Å²) in [5.74, 6) is -0.888. The maximum absolute atomic E-state index is 12.8. The molecule has 7 nitrogen and oxygen atoms in total. The zero-order valence-electron chi connectivity index (χ0n) is 17.2. The van der Waals surface area contributed by atoms with Gasteiger partial charge in [-0.25, -0.2) is 4.79 Å². The summed E-state index contributed by atoms with van der Waals surface area (Å²) in [6.45, 7) is 7.00. The van der Waals surface area contributed by atoms with E-state index >= 15 is 0 Å². The summed E-state index contributed by atoms with van der Waals surface area (Å²) >= 11 is 2.95. The number of nitrogens with two attached hydrogens (primary N) is 1. The van der Waals surface area contributed by atoms with E-state index < -0.39 is 5.91 Å². The van der Waals surface area contributed by atoms with Gasteiger partial charge in [-0.05, 0) is 37.1 Å². The molecular weight excluding hydrogens is 422 g/mol. The van der Waals surface area contributed by atoms with Crippen LogP contribution >= 0.6 is 23.1 Å². The summed E-state index contributed by atoms with van der Waals surface area (Å²) in [6, 6.07) is 7.37. The molecule has 0 bridgehead atoms. The molecule has 3 rings (SSSR count). The number of nitrogens with one attached hydrogen (secondary N) is 1. The molecule has 0 radical (unpaired) electrons. The van der Waals surface area contributed by atoms with Gasteiger partial charge in [-0.2, -0.15) is 0 Å². The minimum Gasteiger partial charge on any atom is -0.450 e. The van der Waals surface area contributed by atoms with Crippen molar-refractivity contribution in [2.75, 3.05) is 18.5 Å². The SMILES string of the molecule is CCOC(=O)N1CCc2c(sc(NC(=O)c3cccc(SC(C)C)c3)c2C(N)=O)C1. The van der Waals surface area contributed by atoms with Crippen molar-refractivity contribution in [3.05, 3.63) is 45.8 Å². The number of carbonyl (C=O) groups is 3. The minimum absolute atomic E-state index is 0.300. The summed E-state index contributed by atoms with van der Waals surface area (Å²) in [7, 11) is 0. The van der Waals surface area contributed by atoms with Crippen molar-refractivity contribution in [3.8, 4) is 0 Å². The number of thiophene rings is 1. The van der Waals surface area contributed by atoms with Crippen LogP contribution in [0.4, 0.5) is 9.80 Å². The van der Waals surface area contributed by atoms with Gasteiger partial charge in [-0.3, -0.25) is 9.59 Å². The number of amides is 3. The Morgan fingerprint density at radius 1 is 1.33 bits per heavy atom. The molecule has 2 aromatic rings. The molecule has 0 fully saturated rings.